The van der Waals surface area contributed by atoms with Crippen LogP contribution in [0.15, 0.2) is 30.3 Å². The normalized spacial score (nSPS) is 12.7. The van der Waals surface area contributed by atoms with Gasteiger partial charge < -0.3 is 0 Å². The van der Waals surface area contributed by atoms with Gasteiger partial charge in [0.05, 0.1) is 4.88 Å². The topological polar surface area (TPSA) is 17.1 Å². The molecule has 1 nitrogen and oxygen atoms in total. The average molecular weight is 274 g/mol. The molecule has 102 valence electrons. The monoisotopic (exact) mass is 274 g/mol. The number of carbonyl (C=O) groups excluding carboxylic acids is 1. The molecule has 1 atom stereocenters. The van der Waals surface area contributed by atoms with Crippen LogP contribution in [0.4, 0.5) is 0 Å². The Kier molecular flexibility index (Phi) is 5.15. The average Bonchev–Trinajstić information content (AvgIpc) is 2.87. The Hall–Kier alpha value is -1.15. The van der Waals surface area contributed by atoms with Gasteiger partial charge in [-0.2, -0.15) is 0 Å². The molecule has 0 amide bonds. The number of rotatable bonds is 7. The Morgan fingerprint density at radius 1 is 1.26 bits per heavy atom. The summed E-state index contributed by atoms with van der Waals surface area (Å²) in [6.45, 7) is 4.40. The molecule has 0 aliphatic rings. The number of ketones is 1. The Morgan fingerprint density at radius 2 is 2.05 bits per heavy atom. The van der Waals surface area contributed by atoms with Crippen LogP contribution in [0.2, 0.25) is 0 Å². The zero-order valence-electron chi connectivity index (χ0n) is 11.8. The molecule has 1 aromatic carbocycles. The van der Waals surface area contributed by atoms with Crippen molar-refractivity contribution < 1.29 is 4.79 Å². The van der Waals surface area contributed by atoms with Crippen LogP contribution in [-0.4, -0.2) is 5.78 Å². The molecule has 2 heteroatoms. The Balaban J connectivity index is 2.06. The third kappa shape index (κ3) is 3.66. The second-order valence-electron chi connectivity index (χ2n) is 5.19. The van der Waals surface area contributed by atoms with E-state index in [1.165, 1.54) is 29.3 Å². The van der Waals surface area contributed by atoms with Gasteiger partial charge in [-0.15, -0.1) is 11.3 Å². The molecule has 2 aromatic rings. The van der Waals surface area contributed by atoms with Crippen molar-refractivity contribution in [3.05, 3.63) is 35.2 Å². The highest BCUT2D eigenvalue weighted by Gasteiger charge is 2.15. The third-order valence-corrected chi connectivity index (χ3v) is 4.87. The van der Waals surface area contributed by atoms with E-state index >= 15 is 0 Å². The van der Waals surface area contributed by atoms with Gasteiger partial charge in [0.25, 0.3) is 0 Å². The molecular formula is C17H22OS. The van der Waals surface area contributed by atoms with E-state index in [0.717, 1.165) is 11.3 Å². The number of thiophene rings is 1. The molecule has 0 aliphatic carbocycles. The lowest BCUT2D eigenvalue weighted by Crippen LogP contribution is -2.07. The number of hydrogen-bond acceptors (Lipinski definition) is 2. The second-order valence-corrected chi connectivity index (χ2v) is 6.28. The number of fused-ring (bicyclic) bond motifs is 1. The van der Waals surface area contributed by atoms with Crippen molar-refractivity contribution in [3.8, 4) is 0 Å². The fourth-order valence-electron chi connectivity index (χ4n) is 2.43. The molecule has 1 unspecified atom stereocenters. The van der Waals surface area contributed by atoms with Gasteiger partial charge >= 0.3 is 0 Å². The van der Waals surface area contributed by atoms with Gasteiger partial charge in [0.2, 0.25) is 0 Å². The molecule has 0 spiro atoms. The lowest BCUT2D eigenvalue weighted by atomic mass is 9.93. The van der Waals surface area contributed by atoms with E-state index in [2.05, 4.69) is 32.0 Å². The molecule has 2 rings (SSSR count). The van der Waals surface area contributed by atoms with E-state index in [1.807, 2.05) is 12.1 Å². The highest BCUT2D eigenvalue weighted by atomic mass is 32.1. The maximum Gasteiger partial charge on any atom is 0.173 e. The van der Waals surface area contributed by atoms with Crippen molar-refractivity contribution in [3.63, 3.8) is 0 Å². The summed E-state index contributed by atoms with van der Waals surface area (Å²) in [5.41, 5.74) is 0. The van der Waals surface area contributed by atoms with Gasteiger partial charge in [-0.25, -0.2) is 0 Å². The van der Waals surface area contributed by atoms with E-state index in [9.17, 15) is 4.79 Å². The Bertz CT molecular complexity index is 508. The van der Waals surface area contributed by atoms with E-state index < -0.39 is 0 Å². The van der Waals surface area contributed by atoms with Crippen molar-refractivity contribution in [1.82, 2.24) is 0 Å². The minimum Gasteiger partial charge on any atom is -0.293 e. The number of Topliss-reactive ketones (excluding diaryl/α,β-unsaturated/α-hetero) is 1. The van der Waals surface area contributed by atoms with Crippen LogP contribution in [0.1, 0.15) is 55.6 Å². The number of unbranched alkanes of at least 4 members (excludes halogenated alkanes) is 1. The SMILES string of the molecule is CCCCC(CC)CC(=O)c1cc2ccccc2s1. The van der Waals surface area contributed by atoms with Crippen molar-refractivity contribution in [1.29, 1.82) is 0 Å². The molecule has 0 aliphatic heterocycles. The summed E-state index contributed by atoms with van der Waals surface area (Å²) in [7, 11) is 0. The fraction of sp³-hybridized carbons (Fsp3) is 0.471. The summed E-state index contributed by atoms with van der Waals surface area (Å²) in [4.78, 5) is 13.3. The molecule has 0 saturated carbocycles. The predicted octanol–water partition coefficient (Wildman–Crippen LogP) is 5.69. The number of benzene rings is 1. The first kappa shape index (κ1) is 14.3. The molecule has 0 saturated heterocycles. The van der Waals surface area contributed by atoms with Crippen molar-refractivity contribution in [2.75, 3.05) is 0 Å². The molecular weight excluding hydrogens is 252 g/mol. The summed E-state index contributed by atoms with van der Waals surface area (Å²) in [6, 6.07) is 10.3. The second kappa shape index (κ2) is 6.85. The first-order valence-electron chi connectivity index (χ1n) is 7.26. The number of carbonyl (C=O) groups is 1. The highest BCUT2D eigenvalue weighted by molar-refractivity contribution is 7.20. The van der Waals surface area contributed by atoms with Gasteiger partial charge in [0.15, 0.2) is 5.78 Å². The van der Waals surface area contributed by atoms with Crippen molar-refractivity contribution >= 4 is 27.2 Å². The van der Waals surface area contributed by atoms with Crippen LogP contribution in [0.3, 0.4) is 0 Å². The number of hydrogen-bond donors (Lipinski definition) is 0. The highest BCUT2D eigenvalue weighted by Crippen LogP contribution is 2.28. The minimum atomic E-state index is 0.323. The molecule has 0 radical (unpaired) electrons. The minimum absolute atomic E-state index is 0.323. The van der Waals surface area contributed by atoms with Crippen LogP contribution in [0, 0.1) is 5.92 Å². The molecule has 1 heterocycles. The van der Waals surface area contributed by atoms with Gasteiger partial charge in [-0.05, 0) is 23.4 Å². The molecule has 0 N–H and O–H groups in total. The largest absolute Gasteiger partial charge is 0.293 e. The van der Waals surface area contributed by atoms with E-state index in [0.29, 0.717) is 18.1 Å². The standard InChI is InChI=1S/C17H22OS/c1-3-5-8-13(4-2)11-15(18)17-12-14-9-6-7-10-16(14)19-17/h6-7,9-10,12-13H,3-5,8,11H2,1-2H3. The predicted molar refractivity (Wildman–Crippen MR) is 84.1 cm³/mol. The zero-order chi connectivity index (χ0) is 13.7. The Morgan fingerprint density at radius 3 is 2.74 bits per heavy atom. The van der Waals surface area contributed by atoms with Crippen LogP contribution < -0.4 is 0 Å². The molecule has 19 heavy (non-hydrogen) atoms. The van der Waals surface area contributed by atoms with Gasteiger partial charge in [-0.1, -0.05) is 57.7 Å². The first-order valence-corrected chi connectivity index (χ1v) is 8.08. The zero-order valence-corrected chi connectivity index (χ0v) is 12.6. The van der Waals surface area contributed by atoms with Crippen molar-refractivity contribution in [2.45, 2.75) is 46.0 Å². The summed E-state index contributed by atoms with van der Waals surface area (Å²) in [5, 5.41) is 1.19. The van der Waals surface area contributed by atoms with E-state index in [1.54, 1.807) is 11.3 Å². The summed E-state index contributed by atoms with van der Waals surface area (Å²) in [6.07, 6.45) is 5.45. The molecule has 0 fully saturated rings. The maximum atomic E-state index is 12.4. The van der Waals surface area contributed by atoms with E-state index in [-0.39, 0.29) is 0 Å². The van der Waals surface area contributed by atoms with Crippen LogP contribution >= 0.6 is 11.3 Å². The molecule has 1 aromatic heterocycles. The maximum absolute atomic E-state index is 12.4. The smallest absolute Gasteiger partial charge is 0.173 e. The van der Waals surface area contributed by atoms with Crippen LogP contribution in [0.5, 0.6) is 0 Å². The Labute approximate surface area is 119 Å². The summed E-state index contributed by atoms with van der Waals surface area (Å²) >= 11 is 1.63. The molecule has 0 bridgehead atoms. The fourth-order valence-corrected chi connectivity index (χ4v) is 3.44. The lowest BCUT2D eigenvalue weighted by Gasteiger charge is -2.12. The van der Waals surface area contributed by atoms with E-state index in [4.69, 9.17) is 0 Å². The van der Waals surface area contributed by atoms with Crippen LogP contribution in [0.25, 0.3) is 10.1 Å². The summed E-state index contributed by atoms with van der Waals surface area (Å²) < 4.78 is 1.22. The summed E-state index contributed by atoms with van der Waals surface area (Å²) in [5.74, 6) is 0.877. The lowest BCUT2D eigenvalue weighted by molar-refractivity contribution is 0.0961. The first-order chi connectivity index (χ1) is 9.24. The quantitative estimate of drug-likeness (QED) is 0.593. The van der Waals surface area contributed by atoms with Gasteiger partial charge in [0, 0.05) is 11.1 Å². The van der Waals surface area contributed by atoms with Gasteiger partial charge in [0.1, 0.15) is 0 Å². The van der Waals surface area contributed by atoms with Crippen LogP contribution in [-0.2, 0) is 0 Å². The van der Waals surface area contributed by atoms with Gasteiger partial charge in [-0.3, -0.25) is 4.79 Å². The third-order valence-electron chi connectivity index (χ3n) is 3.72. The van der Waals surface area contributed by atoms with Crippen molar-refractivity contribution in [2.24, 2.45) is 5.92 Å².